The molecule has 0 spiro atoms. The maximum Gasteiger partial charge on any atom is 1.00 e. The van der Waals surface area contributed by atoms with E-state index in [1.165, 1.54) is 44.9 Å². The predicted molar refractivity (Wildman–Crippen MR) is 78.2 cm³/mol. The Bertz CT molecular complexity index is 253. The minimum Gasteiger partial charge on any atom is -1.00 e. The van der Waals surface area contributed by atoms with Crippen LogP contribution >= 0.6 is 0 Å². The first-order valence-corrected chi connectivity index (χ1v) is 7.65. The Morgan fingerprint density at radius 3 is 1.90 bits per heavy atom. The van der Waals surface area contributed by atoms with E-state index in [-0.39, 0.29) is 49.9 Å². The molecule has 0 aliphatic carbocycles. The Kier molecular flexibility index (Phi) is 18.9. The quantitative estimate of drug-likeness (QED) is 0.386. The van der Waals surface area contributed by atoms with E-state index in [0.29, 0.717) is 6.42 Å². The van der Waals surface area contributed by atoms with Gasteiger partial charge in [-0.3, -0.25) is 9.59 Å². The van der Waals surface area contributed by atoms with E-state index in [2.05, 4.69) is 12.2 Å². The van der Waals surface area contributed by atoms with Crippen LogP contribution in [-0.4, -0.2) is 23.5 Å². The van der Waals surface area contributed by atoms with Crippen LogP contribution in [0.3, 0.4) is 0 Å². The second-order valence-corrected chi connectivity index (χ2v) is 5.07. The summed E-state index contributed by atoms with van der Waals surface area (Å²) in [5.74, 6) is -0.896. The summed E-state index contributed by atoms with van der Waals surface area (Å²) in [4.78, 5) is 21.6. The molecule has 2 N–H and O–H groups in total. The fourth-order valence-electron chi connectivity index (χ4n) is 1.99. The van der Waals surface area contributed by atoms with Crippen LogP contribution in [0, 0.1) is 0 Å². The Morgan fingerprint density at radius 2 is 1.40 bits per heavy atom. The Hall–Kier alpha value is -0.0600. The average Bonchev–Trinajstić information content (AvgIpc) is 2.36. The number of hydrogen-bond donors (Lipinski definition) is 2. The van der Waals surface area contributed by atoms with Gasteiger partial charge >= 0.3 is 35.5 Å². The molecule has 0 rings (SSSR count). The number of rotatable bonds is 13. The summed E-state index contributed by atoms with van der Waals surface area (Å²) in [7, 11) is 0. The maximum atomic E-state index is 11.3. The molecule has 0 heterocycles. The second kappa shape index (κ2) is 17.0. The molecule has 20 heavy (non-hydrogen) atoms. The van der Waals surface area contributed by atoms with E-state index in [1.54, 1.807) is 0 Å². The molecular formula is C15H30NNaO3. The van der Waals surface area contributed by atoms with E-state index in [9.17, 15) is 9.59 Å². The molecule has 0 saturated carbocycles. The van der Waals surface area contributed by atoms with Gasteiger partial charge in [0.2, 0.25) is 5.91 Å². The van der Waals surface area contributed by atoms with Crippen LogP contribution in [-0.2, 0) is 9.59 Å². The summed E-state index contributed by atoms with van der Waals surface area (Å²) in [5.41, 5.74) is 0. The standard InChI is InChI=1S/C15H29NO3.Na.H/c1-2-3-4-5-6-7-8-9-10-11-14(17)16-13-12-15(18)19;;/h2-13H2,1H3,(H,16,17)(H,18,19);;/q;+1;-1. The smallest absolute Gasteiger partial charge is 1.00 e. The van der Waals surface area contributed by atoms with Gasteiger partial charge in [0.1, 0.15) is 0 Å². The zero-order valence-corrected chi connectivity index (χ0v) is 15.2. The van der Waals surface area contributed by atoms with Crippen molar-refractivity contribution in [2.45, 2.75) is 77.6 Å². The third kappa shape index (κ3) is 17.9. The SMILES string of the molecule is CCCCCCCCCCCC(=O)NCCC(=O)O.[H-].[Na+]. The van der Waals surface area contributed by atoms with Crippen molar-refractivity contribution >= 4 is 11.9 Å². The van der Waals surface area contributed by atoms with E-state index >= 15 is 0 Å². The molecule has 0 bridgehead atoms. The molecule has 0 aliphatic rings. The number of carbonyl (C=O) groups is 2. The molecule has 0 fully saturated rings. The normalized spacial score (nSPS) is 9.85. The molecule has 0 unspecified atom stereocenters. The van der Waals surface area contributed by atoms with Gasteiger partial charge in [-0.25, -0.2) is 0 Å². The number of nitrogens with one attached hydrogen (secondary N) is 1. The van der Waals surface area contributed by atoms with Crippen LogP contribution in [0.1, 0.15) is 79.0 Å². The molecule has 0 atom stereocenters. The Morgan fingerprint density at radius 1 is 0.900 bits per heavy atom. The van der Waals surface area contributed by atoms with Crippen molar-refractivity contribution in [2.24, 2.45) is 0 Å². The average molecular weight is 295 g/mol. The van der Waals surface area contributed by atoms with E-state index in [1.807, 2.05) is 0 Å². The zero-order chi connectivity index (χ0) is 14.3. The van der Waals surface area contributed by atoms with Crippen molar-refractivity contribution in [1.82, 2.24) is 5.32 Å². The van der Waals surface area contributed by atoms with Crippen molar-refractivity contribution < 1.29 is 45.7 Å². The first-order chi connectivity index (χ1) is 9.16. The summed E-state index contributed by atoms with van der Waals surface area (Å²) >= 11 is 0. The number of hydrogen-bond acceptors (Lipinski definition) is 2. The van der Waals surface area contributed by atoms with Crippen molar-refractivity contribution in [2.75, 3.05) is 6.54 Å². The topological polar surface area (TPSA) is 66.4 Å². The van der Waals surface area contributed by atoms with Gasteiger partial charge in [0.15, 0.2) is 0 Å². The van der Waals surface area contributed by atoms with Gasteiger partial charge in [-0.2, -0.15) is 0 Å². The van der Waals surface area contributed by atoms with Gasteiger partial charge in [-0.05, 0) is 6.42 Å². The molecule has 5 heteroatoms. The van der Waals surface area contributed by atoms with Crippen LogP contribution in [0.25, 0.3) is 0 Å². The first-order valence-electron chi connectivity index (χ1n) is 7.65. The van der Waals surface area contributed by atoms with E-state index in [0.717, 1.165) is 12.8 Å². The number of carbonyl (C=O) groups excluding carboxylic acids is 1. The molecule has 0 saturated heterocycles. The third-order valence-corrected chi connectivity index (χ3v) is 3.17. The first kappa shape index (κ1) is 22.2. The molecule has 1 amide bonds. The summed E-state index contributed by atoms with van der Waals surface area (Å²) in [6.45, 7) is 2.47. The van der Waals surface area contributed by atoms with E-state index < -0.39 is 5.97 Å². The molecule has 0 aromatic carbocycles. The number of amides is 1. The monoisotopic (exact) mass is 295 g/mol. The van der Waals surface area contributed by atoms with Gasteiger partial charge in [0, 0.05) is 13.0 Å². The van der Waals surface area contributed by atoms with Gasteiger partial charge in [-0.15, -0.1) is 0 Å². The number of unbranched alkanes of at least 4 members (excludes halogenated alkanes) is 8. The maximum absolute atomic E-state index is 11.3. The molecule has 114 valence electrons. The largest absolute Gasteiger partial charge is 1.00 e. The molecular weight excluding hydrogens is 265 g/mol. The Labute approximate surface area is 146 Å². The van der Waals surface area contributed by atoms with Crippen molar-refractivity contribution in [3.8, 4) is 0 Å². The molecule has 0 aliphatic heterocycles. The summed E-state index contributed by atoms with van der Waals surface area (Å²) < 4.78 is 0. The Balaban J connectivity index is -0.00000162. The van der Waals surface area contributed by atoms with E-state index in [4.69, 9.17) is 5.11 Å². The minimum atomic E-state index is -0.872. The van der Waals surface area contributed by atoms with Crippen LogP contribution in [0.5, 0.6) is 0 Å². The molecule has 4 nitrogen and oxygen atoms in total. The molecule has 0 radical (unpaired) electrons. The number of aliphatic carboxylic acids is 1. The third-order valence-electron chi connectivity index (χ3n) is 3.17. The summed E-state index contributed by atoms with van der Waals surface area (Å²) in [6, 6.07) is 0. The summed E-state index contributed by atoms with van der Waals surface area (Å²) in [6.07, 6.45) is 11.6. The van der Waals surface area contributed by atoms with Crippen molar-refractivity contribution in [3.05, 3.63) is 0 Å². The van der Waals surface area contributed by atoms with Crippen molar-refractivity contribution in [1.29, 1.82) is 0 Å². The number of carboxylic acid groups (broad SMARTS) is 1. The zero-order valence-electron chi connectivity index (χ0n) is 14.2. The van der Waals surface area contributed by atoms with Gasteiger partial charge in [0.05, 0.1) is 6.42 Å². The predicted octanol–water partition coefficient (Wildman–Crippen LogP) is 0.615. The summed E-state index contributed by atoms with van der Waals surface area (Å²) in [5, 5.41) is 11.0. The fourth-order valence-corrected chi connectivity index (χ4v) is 1.99. The van der Waals surface area contributed by atoms with Crippen LogP contribution in [0.15, 0.2) is 0 Å². The van der Waals surface area contributed by atoms with Gasteiger partial charge < -0.3 is 11.8 Å². The van der Waals surface area contributed by atoms with Gasteiger partial charge in [0.25, 0.3) is 0 Å². The van der Waals surface area contributed by atoms with Crippen LogP contribution in [0.2, 0.25) is 0 Å². The molecule has 0 aromatic rings. The number of carboxylic acids is 1. The minimum absolute atomic E-state index is 0. The molecule has 0 aromatic heterocycles. The second-order valence-electron chi connectivity index (χ2n) is 5.07. The van der Waals surface area contributed by atoms with Gasteiger partial charge in [-0.1, -0.05) is 58.3 Å². The van der Waals surface area contributed by atoms with Crippen molar-refractivity contribution in [3.63, 3.8) is 0 Å². The van der Waals surface area contributed by atoms with Crippen LogP contribution < -0.4 is 34.9 Å². The van der Waals surface area contributed by atoms with Crippen LogP contribution in [0.4, 0.5) is 0 Å². The fraction of sp³-hybridized carbons (Fsp3) is 0.867.